The predicted molar refractivity (Wildman–Crippen MR) is 68.3 cm³/mol. The fourth-order valence-corrected chi connectivity index (χ4v) is 2.58. The van der Waals surface area contributed by atoms with Gasteiger partial charge in [0, 0.05) is 25.7 Å². The Morgan fingerprint density at radius 1 is 1.38 bits per heavy atom. The predicted octanol–water partition coefficient (Wildman–Crippen LogP) is 1.60. The van der Waals surface area contributed by atoms with Gasteiger partial charge in [0.05, 0.1) is 5.60 Å². The van der Waals surface area contributed by atoms with Crippen molar-refractivity contribution in [1.82, 2.24) is 4.90 Å². The Morgan fingerprint density at radius 3 is 2.38 bits per heavy atom. The lowest BCUT2D eigenvalue weighted by Gasteiger charge is -2.36. The molecule has 3 heteroatoms. The first kappa shape index (κ1) is 13.9. The van der Waals surface area contributed by atoms with E-state index in [1.54, 1.807) is 0 Å². The van der Waals surface area contributed by atoms with Crippen LogP contribution in [0.1, 0.15) is 46.5 Å². The summed E-state index contributed by atoms with van der Waals surface area (Å²) in [7, 11) is 0. The Balaban J connectivity index is 2.55. The van der Waals surface area contributed by atoms with Crippen LogP contribution in [0.4, 0.5) is 0 Å². The summed E-state index contributed by atoms with van der Waals surface area (Å²) in [6.07, 6.45) is 5.24. The van der Waals surface area contributed by atoms with Gasteiger partial charge in [-0.1, -0.05) is 26.7 Å². The first-order valence-electron chi connectivity index (χ1n) is 6.61. The Morgan fingerprint density at radius 2 is 1.94 bits per heavy atom. The van der Waals surface area contributed by atoms with Crippen molar-refractivity contribution in [2.45, 2.75) is 58.1 Å². The molecule has 3 nitrogen and oxygen atoms in total. The molecule has 0 aromatic heterocycles. The van der Waals surface area contributed by atoms with Gasteiger partial charge in [0.2, 0.25) is 0 Å². The Bertz CT molecular complexity index is 198. The van der Waals surface area contributed by atoms with Crippen molar-refractivity contribution in [1.29, 1.82) is 0 Å². The van der Waals surface area contributed by atoms with Gasteiger partial charge in [-0.2, -0.15) is 0 Å². The van der Waals surface area contributed by atoms with Gasteiger partial charge in [-0.25, -0.2) is 0 Å². The average Bonchev–Trinajstić information content (AvgIpc) is 2.68. The van der Waals surface area contributed by atoms with Gasteiger partial charge in [-0.05, 0) is 25.7 Å². The quantitative estimate of drug-likeness (QED) is 0.726. The van der Waals surface area contributed by atoms with Gasteiger partial charge < -0.3 is 10.8 Å². The number of nitrogens with two attached hydrogens (primary N) is 1. The summed E-state index contributed by atoms with van der Waals surface area (Å²) >= 11 is 0. The van der Waals surface area contributed by atoms with Gasteiger partial charge in [0.25, 0.3) is 0 Å². The maximum Gasteiger partial charge on any atom is 0.0867 e. The van der Waals surface area contributed by atoms with Crippen LogP contribution in [0.15, 0.2) is 0 Å². The van der Waals surface area contributed by atoms with Crippen molar-refractivity contribution in [3.63, 3.8) is 0 Å². The molecule has 0 saturated heterocycles. The highest BCUT2D eigenvalue weighted by atomic mass is 16.3. The molecule has 0 amide bonds. The number of aliphatic hydroxyl groups is 1. The molecular weight excluding hydrogens is 200 g/mol. The third-order valence-corrected chi connectivity index (χ3v) is 3.42. The zero-order chi connectivity index (χ0) is 12.2. The van der Waals surface area contributed by atoms with Crippen LogP contribution < -0.4 is 5.73 Å². The lowest BCUT2D eigenvalue weighted by molar-refractivity contribution is 0.00938. The summed E-state index contributed by atoms with van der Waals surface area (Å²) in [5, 5.41) is 10.1. The maximum atomic E-state index is 10.1. The molecule has 1 fully saturated rings. The fourth-order valence-electron chi connectivity index (χ4n) is 2.58. The van der Waals surface area contributed by atoms with Crippen LogP contribution in [0.25, 0.3) is 0 Å². The Hall–Kier alpha value is -0.120. The lowest BCUT2D eigenvalue weighted by atomic mass is 10.0. The standard InChI is InChI=1S/C13H28N2O/c1-11(2)8-15(10-13(3,16)9-14)12-6-4-5-7-12/h11-12,16H,4-10,14H2,1-3H3. The van der Waals surface area contributed by atoms with E-state index in [4.69, 9.17) is 5.73 Å². The third kappa shape index (κ3) is 4.40. The summed E-state index contributed by atoms with van der Waals surface area (Å²) in [6, 6.07) is 0.667. The fraction of sp³-hybridized carbons (Fsp3) is 1.00. The first-order chi connectivity index (χ1) is 7.44. The minimum atomic E-state index is -0.739. The average molecular weight is 228 g/mol. The molecule has 1 atom stereocenters. The Kier molecular flexibility index (Phi) is 5.22. The second-order valence-corrected chi connectivity index (χ2v) is 5.96. The molecule has 1 saturated carbocycles. The molecule has 0 radical (unpaired) electrons. The number of hydrogen-bond donors (Lipinski definition) is 2. The van der Waals surface area contributed by atoms with E-state index in [9.17, 15) is 5.11 Å². The first-order valence-corrected chi connectivity index (χ1v) is 6.61. The van der Waals surface area contributed by atoms with Gasteiger partial charge in [0.15, 0.2) is 0 Å². The minimum absolute atomic E-state index is 0.342. The van der Waals surface area contributed by atoms with Crippen molar-refractivity contribution in [3.8, 4) is 0 Å². The van der Waals surface area contributed by atoms with E-state index in [0.717, 1.165) is 6.54 Å². The number of nitrogens with zero attached hydrogens (tertiary/aromatic N) is 1. The molecular formula is C13H28N2O. The van der Waals surface area contributed by atoms with Crippen molar-refractivity contribution in [2.75, 3.05) is 19.6 Å². The topological polar surface area (TPSA) is 49.5 Å². The van der Waals surface area contributed by atoms with E-state index in [1.807, 2.05) is 6.92 Å². The van der Waals surface area contributed by atoms with Crippen molar-refractivity contribution in [3.05, 3.63) is 0 Å². The minimum Gasteiger partial charge on any atom is -0.388 e. The van der Waals surface area contributed by atoms with Gasteiger partial charge >= 0.3 is 0 Å². The second kappa shape index (κ2) is 5.99. The van der Waals surface area contributed by atoms with E-state index in [-0.39, 0.29) is 0 Å². The SMILES string of the molecule is CC(C)CN(CC(C)(O)CN)C1CCCC1. The number of hydrogen-bond acceptors (Lipinski definition) is 3. The monoisotopic (exact) mass is 228 g/mol. The summed E-state index contributed by atoms with van der Waals surface area (Å²) < 4.78 is 0. The molecule has 16 heavy (non-hydrogen) atoms. The normalized spacial score (nSPS) is 21.9. The largest absolute Gasteiger partial charge is 0.388 e. The summed E-state index contributed by atoms with van der Waals surface area (Å²) in [6.45, 7) is 8.44. The van der Waals surface area contributed by atoms with Gasteiger partial charge in [0.1, 0.15) is 0 Å². The maximum absolute atomic E-state index is 10.1. The van der Waals surface area contributed by atoms with Crippen molar-refractivity contribution >= 4 is 0 Å². The molecule has 1 unspecified atom stereocenters. The van der Waals surface area contributed by atoms with Crippen LogP contribution in [0.3, 0.4) is 0 Å². The second-order valence-electron chi connectivity index (χ2n) is 5.96. The Labute approximate surface area is 100 Å². The van der Waals surface area contributed by atoms with E-state index < -0.39 is 5.60 Å². The highest BCUT2D eigenvalue weighted by Gasteiger charge is 2.29. The van der Waals surface area contributed by atoms with E-state index in [0.29, 0.717) is 25.0 Å². The van der Waals surface area contributed by atoms with Crippen LogP contribution in [-0.2, 0) is 0 Å². The molecule has 1 aliphatic rings. The zero-order valence-corrected chi connectivity index (χ0v) is 11.1. The van der Waals surface area contributed by atoms with Crippen molar-refractivity contribution in [2.24, 2.45) is 11.7 Å². The van der Waals surface area contributed by atoms with Crippen LogP contribution in [0.5, 0.6) is 0 Å². The molecule has 1 rings (SSSR count). The highest BCUT2D eigenvalue weighted by molar-refractivity contribution is 4.85. The zero-order valence-electron chi connectivity index (χ0n) is 11.1. The van der Waals surface area contributed by atoms with Gasteiger partial charge in [-0.3, -0.25) is 4.90 Å². The van der Waals surface area contributed by atoms with E-state index >= 15 is 0 Å². The molecule has 0 spiro atoms. The molecule has 96 valence electrons. The van der Waals surface area contributed by atoms with E-state index in [2.05, 4.69) is 18.7 Å². The lowest BCUT2D eigenvalue weighted by Crippen LogP contribution is -2.50. The smallest absolute Gasteiger partial charge is 0.0867 e. The van der Waals surface area contributed by atoms with Crippen LogP contribution in [0, 0.1) is 5.92 Å². The van der Waals surface area contributed by atoms with Crippen molar-refractivity contribution < 1.29 is 5.11 Å². The molecule has 3 N–H and O–H groups in total. The molecule has 0 aliphatic heterocycles. The summed E-state index contributed by atoms with van der Waals surface area (Å²) in [4.78, 5) is 2.45. The molecule has 0 bridgehead atoms. The summed E-state index contributed by atoms with van der Waals surface area (Å²) in [5.74, 6) is 0.647. The summed E-state index contributed by atoms with van der Waals surface area (Å²) in [5.41, 5.74) is 4.87. The number of rotatable bonds is 6. The van der Waals surface area contributed by atoms with Crippen LogP contribution in [0.2, 0.25) is 0 Å². The highest BCUT2D eigenvalue weighted by Crippen LogP contribution is 2.25. The molecule has 1 aliphatic carbocycles. The van der Waals surface area contributed by atoms with Crippen LogP contribution >= 0.6 is 0 Å². The molecule has 0 aromatic carbocycles. The third-order valence-electron chi connectivity index (χ3n) is 3.42. The molecule has 0 heterocycles. The van der Waals surface area contributed by atoms with E-state index in [1.165, 1.54) is 25.7 Å². The molecule has 0 aromatic rings. The van der Waals surface area contributed by atoms with Crippen LogP contribution in [-0.4, -0.2) is 41.3 Å². The van der Waals surface area contributed by atoms with Gasteiger partial charge in [-0.15, -0.1) is 0 Å².